The number of amides is 1. The number of carbonyl (C=O) groups excluding carboxylic acids is 1. The standard InChI is InChI=1S/C18H17ClN4O2/c1-2-9-25-17-8-5-14(19)10-16(17)22-18(24)13-3-6-15(7-4-13)23-12-20-11-21-23/h3-8,10-12H,2,9H2,1H3,(H,22,24). The van der Waals surface area contributed by atoms with Gasteiger partial charge in [-0.2, -0.15) is 5.10 Å². The summed E-state index contributed by atoms with van der Waals surface area (Å²) in [7, 11) is 0. The zero-order chi connectivity index (χ0) is 17.6. The van der Waals surface area contributed by atoms with E-state index in [2.05, 4.69) is 15.4 Å². The van der Waals surface area contributed by atoms with E-state index in [-0.39, 0.29) is 5.91 Å². The Labute approximate surface area is 150 Å². The van der Waals surface area contributed by atoms with Crippen molar-refractivity contribution in [3.63, 3.8) is 0 Å². The third kappa shape index (κ3) is 4.16. The van der Waals surface area contributed by atoms with Crippen LogP contribution in [0, 0.1) is 0 Å². The first kappa shape index (κ1) is 17.0. The van der Waals surface area contributed by atoms with Gasteiger partial charge in [-0.1, -0.05) is 18.5 Å². The lowest BCUT2D eigenvalue weighted by Crippen LogP contribution is -2.13. The van der Waals surface area contributed by atoms with Crippen LogP contribution in [0.3, 0.4) is 0 Å². The minimum Gasteiger partial charge on any atom is -0.491 e. The number of nitrogens with zero attached hydrogens (tertiary/aromatic N) is 3. The molecule has 0 unspecified atom stereocenters. The molecule has 6 nitrogen and oxygen atoms in total. The summed E-state index contributed by atoms with van der Waals surface area (Å²) < 4.78 is 7.27. The second kappa shape index (κ2) is 7.81. The molecular formula is C18H17ClN4O2. The van der Waals surface area contributed by atoms with E-state index in [9.17, 15) is 4.79 Å². The summed E-state index contributed by atoms with van der Waals surface area (Å²) in [5.41, 5.74) is 1.89. The summed E-state index contributed by atoms with van der Waals surface area (Å²) in [5, 5.41) is 7.43. The van der Waals surface area contributed by atoms with Gasteiger partial charge in [-0.05, 0) is 48.9 Å². The van der Waals surface area contributed by atoms with Gasteiger partial charge in [0.25, 0.3) is 5.91 Å². The van der Waals surface area contributed by atoms with E-state index in [1.165, 1.54) is 6.33 Å². The van der Waals surface area contributed by atoms with Gasteiger partial charge in [-0.15, -0.1) is 0 Å². The predicted molar refractivity (Wildman–Crippen MR) is 96.6 cm³/mol. The largest absolute Gasteiger partial charge is 0.491 e. The molecule has 0 aliphatic heterocycles. The molecule has 25 heavy (non-hydrogen) atoms. The fraction of sp³-hybridized carbons (Fsp3) is 0.167. The second-order valence-electron chi connectivity index (χ2n) is 5.33. The van der Waals surface area contributed by atoms with E-state index in [4.69, 9.17) is 16.3 Å². The van der Waals surface area contributed by atoms with E-state index < -0.39 is 0 Å². The minimum atomic E-state index is -0.242. The first-order valence-electron chi connectivity index (χ1n) is 7.86. The molecule has 0 spiro atoms. The molecule has 0 bridgehead atoms. The Hall–Kier alpha value is -2.86. The summed E-state index contributed by atoms with van der Waals surface area (Å²) in [5.74, 6) is 0.354. The van der Waals surface area contributed by atoms with Crippen molar-refractivity contribution in [2.24, 2.45) is 0 Å². The van der Waals surface area contributed by atoms with E-state index in [0.717, 1.165) is 12.1 Å². The molecule has 1 aromatic heterocycles. The number of benzene rings is 2. The van der Waals surface area contributed by atoms with E-state index in [1.807, 2.05) is 6.92 Å². The van der Waals surface area contributed by atoms with Gasteiger partial charge < -0.3 is 10.1 Å². The van der Waals surface area contributed by atoms with Crippen molar-refractivity contribution in [1.29, 1.82) is 0 Å². The van der Waals surface area contributed by atoms with Gasteiger partial charge in [0.2, 0.25) is 0 Å². The number of hydrogen-bond donors (Lipinski definition) is 1. The summed E-state index contributed by atoms with van der Waals surface area (Å²) in [6.07, 6.45) is 3.93. The molecule has 2 aromatic carbocycles. The van der Waals surface area contributed by atoms with Crippen LogP contribution in [0.1, 0.15) is 23.7 Å². The molecule has 1 heterocycles. The highest BCUT2D eigenvalue weighted by molar-refractivity contribution is 6.31. The van der Waals surface area contributed by atoms with Crippen molar-refractivity contribution in [1.82, 2.24) is 14.8 Å². The predicted octanol–water partition coefficient (Wildman–Crippen LogP) is 3.96. The zero-order valence-corrected chi connectivity index (χ0v) is 14.4. The highest BCUT2D eigenvalue weighted by Gasteiger charge is 2.11. The minimum absolute atomic E-state index is 0.242. The van der Waals surface area contributed by atoms with E-state index in [0.29, 0.717) is 28.6 Å². The first-order chi connectivity index (χ1) is 12.2. The summed E-state index contributed by atoms with van der Waals surface area (Å²) >= 11 is 6.04. The number of aromatic nitrogens is 3. The third-order valence-electron chi connectivity index (χ3n) is 3.46. The summed E-state index contributed by atoms with van der Waals surface area (Å²) in [6, 6.07) is 12.2. The van der Waals surface area contributed by atoms with Crippen LogP contribution < -0.4 is 10.1 Å². The molecular weight excluding hydrogens is 340 g/mol. The van der Waals surface area contributed by atoms with Crippen LogP contribution in [0.2, 0.25) is 5.02 Å². The molecule has 3 rings (SSSR count). The fourth-order valence-corrected chi connectivity index (χ4v) is 2.41. The van der Waals surface area contributed by atoms with Crippen LogP contribution in [-0.4, -0.2) is 27.3 Å². The van der Waals surface area contributed by atoms with E-state index in [1.54, 1.807) is 53.5 Å². The Morgan fingerprint density at radius 3 is 2.72 bits per heavy atom. The van der Waals surface area contributed by atoms with Crippen LogP contribution in [0.4, 0.5) is 5.69 Å². The molecule has 0 aliphatic carbocycles. The van der Waals surface area contributed by atoms with Gasteiger partial charge in [0.15, 0.2) is 0 Å². The van der Waals surface area contributed by atoms with Crippen LogP contribution in [0.5, 0.6) is 5.75 Å². The van der Waals surface area contributed by atoms with Crippen molar-refractivity contribution < 1.29 is 9.53 Å². The average Bonchev–Trinajstić information content (AvgIpc) is 3.16. The molecule has 1 amide bonds. The van der Waals surface area contributed by atoms with Gasteiger partial charge in [0, 0.05) is 10.6 Å². The fourth-order valence-electron chi connectivity index (χ4n) is 2.24. The second-order valence-corrected chi connectivity index (χ2v) is 5.77. The summed E-state index contributed by atoms with van der Waals surface area (Å²) in [4.78, 5) is 16.4. The topological polar surface area (TPSA) is 69.0 Å². The lowest BCUT2D eigenvalue weighted by molar-refractivity contribution is 0.102. The van der Waals surface area contributed by atoms with Gasteiger partial charge in [-0.25, -0.2) is 9.67 Å². The van der Waals surface area contributed by atoms with Crippen LogP contribution in [-0.2, 0) is 0 Å². The molecule has 1 N–H and O–H groups in total. The first-order valence-corrected chi connectivity index (χ1v) is 8.24. The maximum atomic E-state index is 12.5. The molecule has 0 saturated heterocycles. The highest BCUT2D eigenvalue weighted by Crippen LogP contribution is 2.28. The maximum Gasteiger partial charge on any atom is 0.255 e. The van der Waals surface area contributed by atoms with Gasteiger partial charge in [0.05, 0.1) is 18.0 Å². The number of halogens is 1. The molecule has 0 atom stereocenters. The van der Waals surface area contributed by atoms with Gasteiger partial charge >= 0.3 is 0 Å². The monoisotopic (exact) mass is 356 g/mol. The Morgan fingerprint density at radius 1 is 1.24 bits per heavy atom. The number of anilines is 1. The van der Waals surface area contributed by atoms with Crippen LogP contribution in [0.15, 0.2) is 55.1 Å². The quantitative estimate of drug-likeness (QED) is 0.725. The number of nitrogens with one attached hydrogen (secondary N) is 1. The van der Waals surface area contributed by atoms with Crippen LogP contribution >= 0.6 is 11.6 Å². The molecule has 0 fully saturated rings. The molecule has 3 aromatic rings. The SMILES string of the molecule is CCCOc1ccc(Cl)cc1NC(=O)c1ccc(-n2cncn2)cc1. The summed E-state index contributed by atoms with van der Waals surface area (Å²) in [6.45, 7) is 2.59. The normalized spacial score (nSPS) is 10.5. The lowest BCUT2D eigenvalue weighted by Gasteiger charge is -2.13. The number of carbonyl (C=O) groups is 1. The Balaban J connectivity index is 1.77. The number of hydrogen-bond acceptors (Lipinski definition) is 4. The molecule has 7 heteroatoms. The van der Waals surface area contributed by atoms with Gasteiger partial charge in [0.1, 0.15) is 18.4 Å². The van der Waals surface area contributed by atoms with E-state index >= 15 is 0 Å². The number of ether oxygens (including phenoxy) is 1. The van der Waals surface area contributed by atoms with Crippen molar-refractivity contribution in [2.75, 3.05) is 11.9 Å². The van der Waals surface area contributed by atoms with Crippen molar-refractivity contribution >= 4 is 23.2 Å². The van der Waals surface area contributed by atoms with Crippen LogP contribution in [0.25, 0.3) is 5.69 Å². The molecule has 0 radical (unpaired) electrons. The van der Waals surface area contributed by atoms with Crippen molar-refractivity contribution in [3.8, 4) is 11.4 Å². The molecule has 128 valence electrons. The van der Waals surface area contributed by atoms with Crippen molar-refractivity contribution in [2.45, 2.75) is 13.3 Å². The average molecular weight is 357 g/mol. The smallest absolute Gasteiger partial charge is 0.255 e. The molecule has 0 aliphatic rings. The molecule has 0 saturated carbocycles. The highest BCUT2D eigenvalue weighted by atomic mass is 35.5. The zero-order valence-electron chi connectivity index (χ0n) is 13.6. The van der Waals surface area contributed by atoms with Crippen molar-refractivity contribution in [3.05, 3.63) is 65.7 Å². The number of rotatable bonds is 6. The third-order valence-corrected chi connectivity index (χ3v) is 3.70. The Morgan fingerprint density at radius 2 is 2.04 bits per heavy atom. The Kier molecular flexibility index (Phi) is 5.30. The van der Waals surface area contributed by atoms with Gasteiger partial charge in [-0.3, -0.25) is 4.79 Å². The Bertz CT molecular complexity index is 848. The lowest BCUT2D eigenvalue weighted by atomic mass is 10.2. The maximum absolute atomic E-state index is 12.5.